The van der Waals surface area contributed by atoms with Gasteiger partial charge < -0.3 is 0 Å². The molecule has 0 aliphatic carbocycles. The monoisotopic (exact) mass is 153 g/mol. The van der Waals surface area contributed by atoms with Gasteiger partial charge in [-0.25, -0.2) is 0 Å². The molecule has 0 aromatic rings. The lowest BCUT2D eigenvalue weighted by Crippen LogP contribution is -2.27. The summed E-state index contributed by atoms with van der Waals surface area (Å²) in [6.45, 7) is 7.36. The van der Waals surface area contributed by atoms with Crippen molar-refractivity contribution >= 4 is 5.78 Å². The highest BCUT2D eigenvalue weighted by atomic mass is 16.1. The smallest absolute Gasteiger partial charge is 0.147 e. The molecule has 0 rings (SSSR count). The summed E-state index contributed by atoms with van der Waals surface area (Å²) >= 11 is 0. The Morgan fingerprint density at radius 3 is 2.18 bits per heavy atom. The summed E-state index contributed by atoms with van der Waals surface area (Å²) in [5.41, 5.74) is -0.180. The number of carbonyl (C=O) groups excluding carboxylic acids is 1. The van der Waals surface area contributed by atoms with E-state index in [1.165, 1.54) is 6.92 Å². The number of nitrogens with zero attached hydrogens (tertiary/aromatic N) is 1. The Kier molecular flexibility index (Phi) is 3.25. The third-order valence-electron chi connectivity index (χ3n) is 2.23. The molecule has 2 heteroatoms. The Bertz CT molecular complexity index is 188. The van der Waals surface area contributed by atoms with Gasteiger partial charge in [-0.15, -0.1) is 0 Å². The maximum atomic E-state index is 11.0. The van der Waals surface area contributed by atoms with E-state index >= 15 is 0 Å². The number of nitriles is 1. The molecule has 0 aromatic heterocycles. The Hall–Kier alpha value is -0.840. The first-order chi connectivity index (χ1) is 4.95. The normalized spacial score (nSPS) is 13.7. The van der Waals surface area contributed by atoms with Crippen molar-refractivity contribution in [2.24, 2.45) is 11.3 Å². The van der Waals surface area contributed by atoms with Crippen molar-refractivity contribution in [2.45, 2.75) is 34.1 Å². The van der Waals surface area contributed by atoms with Gasteiger partial charge in [-0.05, 0) is 18.8 Å². The van der Waals surface area contributed by atoms with Gasteiger partial charge in [-0.3, -0.25) is 4.79 Å². The molecule has 0 saturated carbocycles. The van der Waals surface area contributed by atoms with Crippen LogP contribution < -0.4 is 0 Å². The van der Waals surface area contributed by atoms with Gasteiger partial charge in [0.25, 0.3) is 0 Å². The number of Topliss-reactive ketones (excluding diaryl/α,β-unsaturated/α-hetero) is 1. The molecular formula is C9H15NO. The number of ketones is 1. The van der Waals surface area contributed by atoms with E-state index in [-0.39, 0.29) is 11.2 Å². The van der Waals surface area contributed by atoms with Gasteiger partial charge in [0.15, 0.2) is 0 Å². The summed E-state index contributed by atoms with van der Waals surface area (Å²) in [4.78, 5) is 11.0. The zero-order valence-corrected chi connectivity index (χ0v) is 7.64. The quantitative estimate of drug-likeness (QED) is 0.623. The van der Waals surface area contributed by atoms with Crippen molar-refractivity contribution < 1.29 is 4.79 Å². The summed E-state index contributed by atoms with van der Waals surface area (Å²) < 4.78 is 0. The molecule has 0 aliphatic rings. The van der Waals surface area contributed by atoms with E-state index in [0.29, 0.717) is 0 Å². The molecule has 0 spiro atoms. The second kappa shape index (κ2) is 3.52. The van der Waals surface area contributed by atoms with Crippen molar-refractivity contribution in [1.82, 2.24) is 0 Å². The summed E-state index contributed by atoms with van der Waals surface area (Å²) in [7, 11) is 0. The zero-order valence-electron chi connectivity index (χ0n) is 7.64. The summed E-state index contributed by atoms with van der Waals surface area (Å²) in [6, 6.07) is 2.04. The van der Waals surface area contributed by atoms with E-state index in [4.69, 9.17) is 5.26 Å². The fraction of sp³-hybridized carbons (Fsp3) is 0.778. The lowest BCUT2D eigenvalue weighted by molar-refractivity contribution is -0.122. The van der Waals surface area contributed by atoms with Crippen LogP contribution in [-0.2, 0) is 4.79 Å². The van der Waals surface area contributed by atoms with Crippen LogP contribution in [0, 0.1) is 22.7 Å². The van der Waals surface area contributed by atoms with E-state index in [9.17, 15) is 4.79 Å². The van der Waals surface area contributed by atoms with E-state index in [1.807, 2.05) is 26.8 Å². The zero-order chi connectivity index (χ0) is 9.07. The first-order valence-electron chi connectivity index (χ1n) is 3.85. The predicted molar refractivity (Wildman–Crippen MR) is 43.9 cm³/mol. The van der Waals surface area contributed by atoms with E-state index in [2.05, 4.69) is 0 Å². The largest absolute Gasteiger partial charge is 0.299 e. The minimum atomic E-state index is -0.451. The third-order valence-corrected chi connectivity index (χ3v) is 2.23. The van der Waals surface area contributed by atoms with Gasteiger partial charge in [-0.1, -0.05) is 20.8 Å². The summed E-state index contributed by atoms with van der Waals surface area (Å²) in [5, 5.41) is 8.69. The van der Waals surface area contributed by atoms with Crippen molar-refractivity contribution in [2.75, 3.05) is 0 Å². The molecule has 0 N–H and O–H groups in total. The van der Waals surface area contributed by atoms with Crippen LogP contribution in [0.2, 0.25) is 0 Å². The molecule has 1 atom stereocenters. The first-order valence-corrected chi connectivity index (χ1v) is 3.85. The summed E-state index contributed by atoms with van der Waals surface area (Å²) in [5.74, 6) is -0.480. The fourth-order valence-electron chi connectivity index (χ4n) is 1.02. The lowest BCUT2D eigenvalue weighted by Gasteiger charge is -2.25. The number of hydrogen-bond donors (Lipinski definition) is 0. The van der Waals surface area contributed by atoms with Crippen LogP contribution in [0.1, 0.15) is 34.1 Å². The molecule has 62 valence electrons. The summed E-state index contributed by atoms with van der Waals surface area (Å²) in [6.07, 6.45) is 0.852. The van der Waals surface area contributed by atoms with Crippen molar-refractivity contribution in [1.29, 1.82) is 5.26 Å². The van der Waals surface area contributed by atoms with Crippen LogP contribution in [0.4, 0.5) is 0 Å². The van der Waals surface area contributed by atoms with Crippen LogP contribution in [0.25, 0.3) is 0 Å². The van der Waals surface area contributed by atoms with Crippen LogP contribution >= 0.6 is 0 Å². The minimum Gasteiger partial charge on any atom is -0.299 e. The highest BCUT2D eigenvalue weighted by Crippen LogP contribution is 2.30. The Balaban J connectivity index is 4.53. The maximum Gasteiger partial charge on any atom is 0.147 e. The van der Waals surface area contributed by atoms with Gasteiger partial charge in [-0.2, -0.15) is 5.26 Å². The molecule has 11 heavy (non-hydrogen) atoms. The van der Waals surface area contributed by atoms with E-state index in [0.717, 1.165) is 6.42 Å². The van der Waals surface area contributed by atoms with Crippen LogP contribution in [0.5, 0.6) is 0 Å². The topological polar surface area (TPSA) is 40.9 Å². The van der Waals surface area contributed by atoms with Gasteiger partial charge in [0.2, 0.25) is 0 Å². The molecule has 0 radical (unpaired) electrons. The Labute approximate surface area is 68.2 Å². The minimum absolute atomic E-state index is 0.0284. The molecule has 0 aromatic carbocycles. The predicted octanol–water partition coefficient (Wildman–Crippen LogP) is 2.15. The first kappa shape index (κ1) is 10.2. The molecule has 0 heterocycles. The molecule has 0 saturated heterocycles. The molecule has 0 amide bonds. The SMILES string of the molecule is CCC(C)(C)[C@H](C#N)C(C)=O. The second-order valence-electron chi connectivity index (χ2n) is 3.51. The highest BCUT2D eigenvalue weighted by Gasteiger charge is 2.30. The number of hydrogen-bond acceptors (Lipinski definition) is 2. The van der Waals surface area contributed by atoms with Crippen LogP contribution in [0.3, 0.4) is 0 Å². The average Bonchev–Trinajstić information content (AvgIpc) is 1.88. The third kappa shape index (κ3) is 2.34. The fourth-order valence-corrected chi connectivity index (χ4v) is 1.02. The maximum absolute atomic E-state index is 11.0. The van der Waals surface area contributed by atoms with Gasteiger partial charge in [0, 0.05) is 0 Å². The molecule has 0 unspecified atom stereocenters. The molecule has 0 bridgehead atoms. The highest BCUT2D eigenvalue weighted by molar-refractivity contribution is 5.81. The van der Waals surface area contributed by atoms with Gasteiger partial charge in [0.1, 0.15) is 11.7 Å². The second-order valence-corrected chi connectivity index (χ2v) is 3.51. The number of carbonyl (C=O) groups is 1. The van der Waals surface area contributed by atoms with Crippen LogP contribution in [-0.4, -0.2) is 5.78 Å². The number of rotatable bonds is 3. The Morgan fingerprint density at radius 2 is 2.09 bits per heavy atom. The van der Waals surface area contributed by atoms with Gasteiger partial charge in [0.05, 0.1) is 6.07 Å². The molecule has 2 nitrogen and oxygen atoms in total. The van der Waals surface area contributed by atoms with Crippen LogP contribution in [0.15, 0.2) is 0 Å². The molecule has 0 fully saturated rings. The average molecular weight is 153 g/mol. The van der Waals surface area contributed by atoms with E-state index in [1.54, 1.807) is 0 Å². The molecule has 0 aliphatic heterocycles. The standard InChI is InChI=1S/C9H15NO/c1-5-9(3,4)8(6-10)7(2)11/h8H,5H2,1-4H3/t8-/m1/s1. The van der Waals surface area contributed by atoms with E-state index < -0.39 is 5.92 Å². The van der Waals surface area contributed by atoms with Gasteiger partial charge >= 0.3 is 0 Å². The van der Waals surface area contributed by atoms with Crippen molar-refractivity contribution in [3.05, 3.63) is 0 Å². The lowest BCUT2D eigenvalue weighted by atomic mass is 9.76. The van der Waals surface area contributed by atoms with Crippen molar-refractivity contribution in [3.8, 4) is 6.07 Å². The molecular weight excluding hydrogens is 138 g/mol. The van der Waals surface area contributed by atoms with Crippen molar-refractivity contribution in [3.63, 3.8) is 0 Å². The Morgan fingerprint density at radius 1 is 1.64 bits per heavy atom.